The summed E-state index contributed by atoms with van der Waals surface area (Å²) in [5.74, 6) is -2.67. The molecule has 0 unspecified atom stereocenters. The number of hydrogen-bond donors (Lipinski definition) is 4. The Morgan fingerprint density at radius 1 is 0.852 bits per heavy atom. The summed E-state index contributed by atoms with van der Waals surface area (Å²) < 4.78 is 0. The van der Waals surface area contributed by atoms with E-state index in [2.05, 4.69) is 10.6 Å². The van der Waals surface area contributed by atoms with E-state index in [1.54, 1.807) is 0 Å². The molecule has 0 saturated heterocycles. The Labute approximate surface area is 168 Å². The third-order valence-corrected chi connectivity index (χ3v) is 5.53. The molecule has 156 valence electrons. The van der Waals surface area contributed by atoms with Gasteiger partial charge in [0.05, 0.1) is 0 Å². The highest BCUT2D eigenvalue weighted by atomic mass is 33.1. The average molecular weight is 423 g/mol. The molecule has 0 radical (unpaired) electrons. The van der Waals surface area contributed by atoms with Crippen molar-refractivity contribution in [3.8, 4) is 0 Å². The van der Waals surface area contributed by atoms with Crippen molar-refractivity contribution in [2.24, 2.45) is 11.3 Å². The van der Waals surface area contributed by atoms with Gasteiger partial charge in [-0.15, -0.1) is 0 Å². The Bertz CT molecular complexity index is 534. The molecule has 0 fully saturated rings. The van der Waals surface area contributed by atoms with Gasteiger partial charge in [0.1, 0.15) is 12.1 Å². The third kappa shape index (κ3) is 13.4. The summed E-state index contributed by atoms with van der Waals surface area (Å²) in [6.07, 6.45) is 0.444. The van der Waals surface area contributed by atoms with Crippen molar-refractivity contribution in [2.75, 3.05) is 11.5 Å². The van der Waals surface area contributed by atoms with Gasteiger partial charge in [-0.05, 0) is 11.3 Å². The van der Waals surface area contributed by atoms with Gasteiger partial charge < -0.3 is 20.8 Å². The maximum atomic E-state index is 11.9. The van der Waals surface area contributed by atoms with E-state index in [-0.39, 0.29) is 47.5 Å². The Kier molecular flexibility index (Phi) is 11.5. The molecule has 27 heavy (non-hydrogen) atoms. The second kappa shape index (κ2) is 12.1. The van der Waals surface area contributed by atoms with Crippen molar-refractivity contribution in [3.05, 3.63) is 0 Å². The van der Waals surface area contributed by atoms with Gasteiger partial charge in [-0.1, -0.05) is 56.2 Å². The van der Waals surface area contributed by atoms with Crippen LogP contribution in [0.25, 0.3) is 0 Å². The molecule has 0 bridgehead atoms. The molecule has 0 spiro atoms. The van der Waals surface area contributed by atoms with Gasteiger partial charge >= 0.3 is 11.9 Å². The van der Waals surface area contributed by atoms with E-state index < -0.39 is 24.0 Å². The highest BCUT2D eigenvalue weighted by molar-refractivity contribution is 8.76. The number of carbonyl (C=O) groups is 4. The van der Waals surface area contributed by atoms with Crippen molar-refractivity contribution in [2.45, 2.75) is 59.5 Å². The molecule has 0 rings (SSSR count). The van der Waals surface area contributed by atoms with Crippen LogP contribution in [0, 0.1) is 11.3 Å². The van der Waals surface area contributed by atoms with Crippen LogP contribution >= 0.6 is 21.6 Å². The number of carbonyl (C=O) groups excluding carboxylic acids is 2. The Hall–Kier alpha value is -1.42. The van der Waals surface area contributed by atoms with Crippen LogP contribution < -0.4 is 10.6 Å². The monoisotopic (exact) mass is 422 g/mol. The van der Waals surface area contributed by atoms with Crippen LogP contribution in [-0.4, -0.2) is 57.6 Å². The lowest BCUT2D eigenvalue weighted by atomic mass is 9.92. The van der Waals surface area contributed by atoms with Crippen LogP contribution in [0.4, 0.5) is 0 Å². The van der Waals surface area contributed by atoms with Crippen LogP contribution in [0.3, 0.4) is 0 Å². The second-order valence-corrected chi connectivity index (χ2v) is 10.4. The first-order valence-electron chi connectivity index (χ1n) is 8.60. The van der Waals surface area contributed by atoms with E-state index in [9.17, 15) is 29.4 Å². The fourth-order valence-corrected chi connectivity index (χ4v) is 4.24. The number of hydrogen-bond acceptors (Lipinski definition) is 6. The predicted octanol–water partition coefficient (Wildman–Crippen LogP) is 1.99. The summed E-state index contributed by atoms with van der Waals surface area (Å²) in [7, 11) is 2.29. The number of rotatable bonds is 12. The molecule has 2 atom stereocenters. The van der Waals surface area contributed by atoms with E-state index in [1.165, 1.54) is 0 Å². The smallest absolute Gasteiger partial charge is 0.327 e. The zero-order chi connectivity index (χ0) is 21.2. The Morgan fingerprint density at radius 3 is 1.59 bits per heavy atom. The standard InChI is InChI=1S/C17H30N2O6S2/c1-10(2)6-13(20)18-11(15(22)23)8-26-27-9-12(16(24)25)19-14(21)7-17(3,4)5/h10-12H,6-9H2,1-5H3,(H,18,20)(H,19,21)(H,22,23)(H,24,25)/t11-,12-/m0/s1. The molecule has 0 aromatic heterocycles. The molecular weight excluding hydrogens is 392 g/mol. The molecule has 0 saturated carbocycles. The molecule has 4 N–H and O–H groups in total. The van der Waals surface area contributed by atoms with Crippen molar-refractivity contribution < 1.29 is 29.4 Å². The van der Waals surface area contributed by atoms with E-state index in [4.69, 9.17) is 0 Å². The highest BCUT2D eigenvalue weighted by Gasteiger charge is 2.24. The summed E-state index contributed by atoms with van der Waals surface area (Å²) in [5.41, 5.74) is -0.252. The van der Waals surface area contributed by atoms with E-state index in [1.807, 2.05) is 34.6 Å². The molecule has 10 heteroatoms. The third-order valence-electron chi connectivity index (χ3n) is 3.10. The minimum Gasteiger partial charge on any atom is -0.480 e. The van der Waals surface area contributed by atoms with Crippen molar-refractivity contribution >= 4 is 45.3 Å². The molecule has 0 aliphatic carbocycles. The molecule has 0 heterocycles. The first-order chi connectivity index (χ1) is 12.3. The molecule has 8 nitrogen and oxygen atoms in total. The van der Waals surface area contributed by atoms with Gasteiger partial charge in [0, 0.05) is 24.3 Å². The summed E-state index contributed by atoms with van der Waals surface area (Å²) in [6, 6.07) is -2.11. The Morgan fingerprint density at radius 2 is 1.26 bits per heavy atom. The lowest BCUT2D eigenvalue weighted by Gasteiger charge is -2.20. The van der Waals surface area contributed by atoms with E-state index >= 15 is 0 Å². The maximum absolute atomic E-state index is 11.9. The van der Waals surface area contributed by atoms with Gasteiger partial charge in [-0.2, -0.15) is 0 Å². The van der Waals surface area contributed by atoms with Crippen molar-refractivity contribution in [3.63, 3.8) is 0 Å². The van der Waals surface area contributed by atoms with Gasteiger partial charge in [0.2, 0.25) is 11.8 Å². The van der Waals surface area contributed by atoms with Gasteiger partial charge in [-0.3, -0.25) is 9.59 Å². The summed E-state index contributed by atoms with van der Waals surface area (Å²) in [5, 5.41) is 23.4. The number of amides is 2. The number of carboxylic acid groups (broad SMARTS) is 2. The first-order valence-corrected chi connectivity index (χ1v) is 11.1. The number of carboxylic acids is 2. The lowest BCUT2D eigenvalue weighted by molar-refractivity contribution is -0.141. The second-order valence-electron chi connectivity index (χ2n) is 7.82. The zero-order valence-electron chi connectivity index (χ0n) is 16.4. The highest BCUT2D eigenvalue weighted by Crippen LogP contribution is 2.24. The minimum absolute atomic E-state index is 0.0855. The lowest BCUT2D eigenvalue weighted by Crippen LogP contribution is -2.44. The van der Waals surface area contributed by atoms with E-state index in [0.717, 1.165) is 21.6 Å². The van der Waals surface area contributed by atoms with Gasteiger partial charge in [-0.25, -0.2) is 9.59 Å². The number of aliphatic carboxylic acids is 2. The van der Waals surface area contributed by atoms with Crippen LogP contribution in [0.1, 0.15) is 47.5 Å². The van der Waals surface area contributed by atoms with Crippen LogP contribution in [0.2, 0.25) is 0 Å². The normalized spacial score (nSPS) is 13.7. The van der Waals surface area contributed by atoms with Crippen LogP contribution in [0.15, 0.2) is 0 Å². The van der Waals surface area contributed by atoms with Crippen molar-refractivity contribution in [1.29, 1.82) is 0 Å². The molecular formula is C17H30N2O6S2. The number of nitrogens with one attached hydrogen (secondary N) is 2. The summed E-state index contributed by atoms with van der Waals surface area (Å²) >= 11 is 0. The largest absolute Gasteiger partial charge is 0.480 e. The van der Waals surface area contributed by atoms with Gasteiger partial charge in [0.15, 0.2) is 0 Å². The molecule has 0 aromatic rings. The fourth-order valence-electron chi connectivity index (χ4n) is 1.93. The van der Waals surface area contributed by atoms with E-state index in [0.29, 0.717) is 0 Å². The molecule has 0 aliphatic rings. The summed E-state index contributed by atoms with van der Waals surface area (Å²) in [4.78, 5) is 46.2. The quantitative estimate of drug-likeness (QED) is 0.277. The predicted molar refractivity (Wildman–Crippen MR) is 108 cm³/mol. The zero-order valence-corrected chi connectivity index (χ0v) is 18.0. The van der Waals surface area contributed by atoms with Crippen LogP contribution in [0.5, 0.6) is 0 Å². The van der Waals surface area contributed by atoms with Crippen molar-refractivity contribution in [1.82, 2.24) is 10.6 Å². The molecule has 0 aromatic carbocycles. The average Bonchev–Trinajstić information content (AvgIpc) is 2.45. The SMILES string of the molecule is CC(C)CC(=O)N[C@@H](CSSC[C@H](NC(=O)CC(C)(C)C)C(=O)O)C(=O)O. The molecule has 2 amide bonds. The fraction of sp³-hybridized carbons (Fsp3) is 0.765. The Balaban J connectivity index is 4.44. The minimum atomic E-state index is -1.15. The topological polar surface area (TPSA) is 133 Å². The summed E-state index contributed by atoms with van der Waals surface area (Å²) in [6.45, 7) is 9.37. The maximum Gasteiger partial charge on any atom is 0.327 e. The molecule has 0 aliphatic heterocycles. The van der Waals surface area contributed by atoms with Crippen LogP contribution in [-0.2, 0) is 19.2 Å². The van der Waals surface area contributed by atoms with Gasteiger partial charge in [0.25, 0.3) is 0 Å². The first kappa shape index (κ1) is 25.6.